The summed E-state index contributed by atoms with van der Waals surface area (Å²) in [6.45, 7) is 5.77. The van der Waals surface area contributed by atoms with E-state index in [0.717, 1.165) is 71.0 Å². The van der Waals surface area contributed by atoms with Crippen molar-refractivity contribution in [3.8, 4) is 0 Å². The zero-order chi connectivity index (χ0) is 14.5. The highest BCUT2D eigenvalue weighted by atomic mass is 16.5. The van der Waals surface area contributed by atoms with Crippen molar-refractivity contribution in [2.24, 2.45) is 11.8 Å². The zero-order valence-corrected chi connectivity index (χ0v) is 13.0. The summed E-state index contributed by atoms with van der Waals surface area (Å²) in [5.74, 6) is 1.46. The number of ether oxygens (including phenoxy) is 1. The zero-order valence-electron chi connectivity index (χ0n) is 13.0. The summed E-state index contributed by atoms with van der Waals surface area (Å²) in [4.78, 5) is 14.6. The van der Waals surface area contributed by atoms with Crippen LogP contribution in [0.2, 0.25) is 0 Å². The van der Waals surface area contributed by atoms with Crippen molar-refractivity contribution in [3.63, 3.8) is 0 Å². The van der Waals surface area contributed by atoms with Gasteiger partial charge in [0.2, 0.25) is 0 Å². The maximum absolute atomic E-state index is 12.5. The third-order valence-electron chi connectivity index (χ3n) is 5.29. The molecule has 5 nitrogen and oxygen atoms in total. The molecular formula is C16H29N3O2. The number of carbonyl (C=O) groups is 1. The van der Waals surface area contributed by atoms with Gasteiger partial charge in [0.1, 0.15) is 0 Å². The molecule has 5 heteroatoms. The maximum Gasteiger partial charge on any atom is 0.317 e. The first-order valence-electron chi connectivity index (χ1n) is 8.67. The standard InChI is InChI=1S/C16H29N3O2/c20-16(18-15-4-2-9-21-10-6-15)19-8-1-3-14(12-19)13-5-7-17-11-13/h13-15,17H,1-12H2,(H,18,20). The number of piperidine rings is 1. The van der Waals surface area contributed by atoms with Crippen molar-refractivity contribution in [1.29, 1.82) is 0 Å². The number of likely N-dealkylation sites (tertiary alicyclic amines) is 1. The minimum atomic E-state index is 0.151. The predicted molar refractivity (Wildman–Crippen MR) is 82.3 cm³/mol. The highest BCUT2D eigenvalue weighted by molar-refractivity contribution is 5.74. The van der Waals surface area contributed by atoms with E-state index in [0.29, 0.717) is 12.0 Å². The molecule has 2 N–H and O–H groups in total. The second-order valence-electron chi connectivity index (χ2n) is 6.79. The van der Waals surface area contributed by atoms with Gasteiger partial charge in [-0.1, -0.05) is 0 Å². The van der Waals surface area contributed by atoms with Gasteiger partial charge in [-0.2, -0.15) is 0 Å². The lowest BCUT2D eigenvalue weighted by Crippen LogP contribution is -2.49. The Kier molecular flexibility index (Phi) is 5.36. The van der Waals surface area contributed by atoms with Crippen LogP contribution in [0.1, 0.15) is 38.5 Å². The van der Waals surface area contributed by atoms with Gasteiger partial charge in [-0.25, -0.2) is 4.79 Å². The second-order valence-corrected chi connectivity index (χ2v) is 6.79. The number of hydrogen-bond donors (Lipinski definition) is 2. The van der Waals surface area contributed by atoms with E-state index in [1.807, 2.05) is 0 Å². The lowest BCUT2D eigenvalue weighted by Gasteiger charge is -2.36. The molecule has 3 rings (SSSR count). The molecule has 3 heterocycles. The van der Waals surface area contributed by atoms with Crippen LogP contribution in [-0.4, -0.2) is 56.4 Å². The van der Waals surface area contributed by atoms with Crippen molar-refractivity contribution >= 4 is 6.03 Å². The topological polar surface area (TPSA) is 53.6 Å². The number of urea groups is 1. The smallest absolute Gasteiger partial charge is 0.317 e. The molecule has 3 unspecified atom stereocenters. The summed E-state index contributed by atoms with van der Waals surface area (Å²) in [6.07, 6.45) is 6.78. The Morgan fingerprint density at radius 1 is 1.10 bits per heavy atom. The molecule has 3 saturated heterocycles. The van der Waals surface area contributed by atoms with Crippen LogP contribution in [0, 0.1) is 11.8 Å². The number of rotatable bonds is 2. The van der Waals surface area contributed by atoms with Crippen LogP contribution in [-0.2, 0) is 4.74 Å². The summed E-state index contributed by atoms with van der Waals surface area (Å²) >= 11 is 0. The molecule has 2 amide bonds. The van der Waals surface area contributed by atoms with Gasteiger partial charge in [0, 0.05) is 32.3 Å². The summed E-state index contributed by atoms with van der Waals surface area (Å²) in [6, 6.07) is 0.450. The van der Waals surface area contributed by atoms with Crippen LogP contribution in [0.15, 0.2) is 0 Å². The van der Waals surface area contributed by atoms with Crippen LogP contribution < -0.4 is 10.6 Å². The Bertz CT molecular complexity index is 336. The van der Waals surface area contributed by atoms with Crippen molar-refractivity contribution < 1.29 is 9.53 Å². The first kappa shape index (κ1) is 15.1. The molecule has 0 aromatic heterocycles. The SMILES string of the molecule is O=C(NC1CCCOCC1)N1CCCC(C2CCNC2)C1. The molecule has 0 spiro atoms. The van der Waals surface area contributed by atoms with Gasteiger partial charge in [0.15, 0.2) is 0 Å². The normalized spacial score (nSPS) is 34.5. The van der Waals surface area contributed by atoms with E-state index in [9.17, 15) is 4.79 Å². The van der Waals surface area contributed by atoms with Gasteiger partial charge in [-0.05, 0) is 63.5 Å². The van der Waals surface area contributed by atoms with Crippen LogP contribution in [0.4, 0.5) is 4.79 Å². The summed E-state index contributed by atoms with van der Waals surface area (Å²) in [7, 11) is 0. The molecule has 21 heavy (non-hydrogen) atoms. The molecule has 3 aliphatic rings. The Morgan fingerprint density at radius 3 is 2.90 bits per heavy atom. The minimum absolute atomic E-state index is 0.151. The molecule has 0 aromatic carbocycles. The fourth-order valence-corrected chi connectivity index (χ4v) is 3.97. The predicted octanol–water partition coefficient (Wildman–Crippen LogP) is 1.59. The van der Waals surface area contributed by atoms with Gasteiger partial charge in [0.05, 0.1) is 0 Å². The molecule has 0 bridgehead atoms. The number of carbonyl (C=O) groups excluding carboxylic acids is 1. The average molecular weight is 295 g/mol. The molecule has 0 radical (unpaired) electrons. The second kappa shape index (κ2) is 7.45. The highest BCUT2D eigenvalue weighted by Gasteiger charge is 2.31. The lowest BCUT2D eigenvalue weighted by molar-refractivity contribution is 0.136. The lowest BCUT2D eigenvalue weighted by atomic mass is 9.85. The fraction of sp³-hybridized carbons (Fsp3) is 0.938. The fourth-order valence-electron chi connectivity index (χ4n) is 3.97. The van der Waals surface area contributed by atoms with Gasteiger partial charge in [-0.15, -0.1) is 0 Å². The number of amides is 2. The Morgan fingerprint density at radius 2 is 2.05 bits per heavy atom. The number of hydrogen-bond acceptors (Lipinski definition) is 3. The maximum atomic E-state index is 12.5. The van der Waals surface area contributed by atoms with Crippen molar-refractivity contribution in [1.82, 2.24) is 15.5 Å². The van der Waals surface area contributed by atoms with Crippen LogP contribution in [0.5, 0.6) is 0 Å². The van der Waals surface area contributed by atoms with Gasteiger partial charge in [0.25, 0.3) is 0 Å². The third kappa shape index (κ3) is 4.10. The molecule has 120 valence electrons. The highest BCUT2D eigenvalue weighted by Crippen LogP contribution is 2.28. The van der Waals surface area contributed by atoms with Crippen LogP contribution in [0.25, 0.3) is 0 Å². The van der Waals surface area contributed by atoms with Crippen molar-refractivity contribution in [3.05, 3.63) is 0 Å². The summed E-state index contributed by atoms with van der Waals surface area (Å²) in [5.41, 5.74) is 0. The molecule has 3 atom stereocenters. The van der Waals surface area contributed by atoms with Crippen LogP contribution >= 0.6 is 0 Å². The molecule has 3 fully saturated rings. The summed E-state index contributed by atoms with van der Waals surface area (Å²) < 4.78 is 5.46. The van der Waals surface area contributed by atoms with E-state index >= 15 is 0 Å². The first-order valence-corrected chi connectivity index (χ1v) is 8.67. The van der Waals surface area contributed by atoms with Crippen molar-refractivity contribution in [2.75, 3.05) is 39.4 Å². The van der Waals surface area contributed by atoms with E-state index < -0.39 is 0 Å². The van der Waals surface area contributed by atoms with E-state index in [2.05, 4.69) is 15.5 Å². The van der Waals surface area contributed by atoms with Gasteiger partial charge in [-0.3, -0.25) is 0 Å². The Labute approximate surface area is 127 Å². The first-order chi connectivity index (χ1) is 10.3. The van der Waals surface area contributed by atoms with Gasteiger partial charge >= 0.3 is 6.03 Å². The van der Waals surface area contributed by atoms with Gasteiger partial charge < -0.3 is 20.3 Å². The quantitative estimate of drug-likeness (QED) is 0.813. The Balaban J connectivity index is 1.49. The minimum Gasteiger partial charge on any atom is -0.381 e. The van der Waals surface area contributed by atoms with Crippen molar-refractivity contribution in [2.45, 2.75) is 44.6 Å². The van der Waals surface area contributed by atoms with E-state index in [1.165, 1.54) is 12.8 Å². The third-order valence-corrected chi connectivity index (χ3v) is 5.29. The molecule has 0 saturated carbocycles. The van der Waals surface area contributed by atoms with E-state index in [-0.39, 0.29) is 6.03 Å². The van der Waals surface area contributed by atoms with Crippen LogP contribution in [0.3, 0.4) is 0 Å². The molecule has 0 aliphatic carbocycles. The average Bonchev–Trinajstić information content (AvgIpc) is 2.93. The monoisotopic (exact) mass is 295 g/mol. The van der Waals surface area contributed by atoms with E-state index in [1.54, 1.807) is 0 Å². The molecular weight excluding hydrogens is 266 g/mol. The number of nitrogens with zero attached hydrogens (tertiary/aromatic N) is 1. The molecule has 3 aliphatic heterocycles. The molecule has 0 aromatic rings. The summed E-state index contributed by atoms with van der Waals surface area (Å²) in [5, 5.41) is 6.68. The number of nitrogens with one attached hydrogen (secondary N) is 2. The van der Waals surface area contributed by atoms with E-state index in [4.69, 9.17) is 4.74 Å². The Hall–Kier alpha value is -0.810. The largest absolute Gasteiger partial charge is 0.381 e.